The average molecular weight is 753 g/mol. The second-order valence-corrected chi connectivity index (χ2v) is 18.8. The Balaban J connectivity index is 2.10. The van der Waals surface area contributed by atoms with Gasteiger partial charge in [-0.25, -0.2) is 0 Å². The van der Waals surface area contributed by atoms with Gasteiger partial charge >= 0.3 is 21.2 Å². The van der Waals surface area contributed by atoms with Crippen molar-refractivity contribution < 1.29 is 41.5 Å². The van der Waals surface area contributed by atoms with Gasteiger partial charge in [0.05, 0.1) is 26.4 Å². The van der Waals surface area contributed by atoms with Crippen LogP contribution in [0.2, 0.25) is 0 Å². The highest BCUT2D eigenvalue weighted by atomic mass is 31.2. The van der Waals surface area contributed by atoms with Gasteiger partial charge in [0.1, 0.15) is 17.1 Å². The van der Waals surface area contributed by atoms with Crippen LogP contribution < -0.4 is 9.47 Å². The molecule has 0 radical (unpaired) electrons. The van der Waals surface area contributed by atoms with E-state index in [2.05, 4.69) is 52.8 Å². The lowest BCUT2D eigenvalue weighted by atomic mass is 9.86. The zero-order valence-corrected chi connectivity index (χ0v) is 35.1. The Morgan fingerprint density at radius 2 is 1.33 bits per heavy atom. The van der Waals surface area contributed by atoms with Crippen molar-refractivity contribution in [1.29, 1.82) is 0 Å². The van der Waals surface area contributed by atoms with Crippen LogP contribution >= 0.6 is 15.2 Å². The minimum Gasteiger partial charge on any atom is -0.487 e. The lowest BCUT2D eigenvalue weighted by Gasteiger charge is -2.37. The van der Waals surface area contributed by atoms with E-state index in [9.17, 15) is 13.9 Å². The molecule has 11 heteroatoms. The Hall–Kier alpha value is -1.99. The van der Waals surface area contributed by atoms with E-state index in [0.717, 1.165) is 73.8 Å². The number of aryl methyl sites for hydroxylation is 1. The second kappa shape index (κ2) is 21.6. The lowest BCUT2D eigenvalue weighted by molar-refractivity contribution is -0.134. The van der Waals surface area contributed by atoms with Crippen LogP contribution in [0.25, 0.3) is 0 Å². The summed E-state index contributed by atoms with van der Waals surface area (Å²) in [5.41, 5.74) is 6.63. The number of fused-ring (bicyclic) bond motifs is 1. The Kier molecular flexibility index (Phi) is 19.2. The number of hydrogen-bond acceptors (Lipinski definition) is 9. The van der Waals surface area contributed by atoms with Gasteiger partial charge in [-0.1, -0.05) is 34.9 Å². The van der Waals surface area contributed by atoms with Gasteiger partial charge in [0.25, 0.3) is 0 Å². The summed E-state index contributed by atoms with van der Waals surface area (Å²) in [5.74, 6) is 0.762. The molecule has 1 aromatic carbocycles. The Bertz CT molecular complexity index is 1420. The predicted molar refractivity (Wildman–Crippen MR) is 208 cm³/mol. The fraction of sp³-hybridized carbons (Fsp3) is 0.675. The van der Waals surface area contributed by atoms with Crippen LogP contribution in [-0.2, 0) is 38.4 Å². The first-order valence-electron chi connectivity index (χ1n) is 18.8. The summed E-state index contributed by atoms with van der Waals surface area (Å²) in [6, 6.07) is 1.95. The van der Waals surface area contributed by atoms with E-state index in [1.807, 2.05) is 19.9 Å². The first-order valence-corrected chi connectivity index (χ1v) is 22.0. The van der Waals surface area contributed by atoms with Crippen LogP contribution in [0.3, 0.4) is 0 Å². The molecule has 51 heavy (non-hydrogen) atoms. The summed E-state index contributed by atoms with van der Waals surface area (Å²) < 4.78 is 62.5. The highest BCUT2D eigenvalue weighted by molar-refractivity contribution is 7.72. The Labute approximate surface area is 309 Å². The molecule has 1 unspecified atom stereocenters. The van der Waals surface area contributed by atoms with Gasteiger partial charge in [-0.2, -0.15) is 0 Å². The maximum Gasteiger partial charge on any atom is 0.345 e. The smallest absolute Gasteiger partial charge is 0.345 e. The van der Waals surface area contributed by atoms with Crippen molar-refractivity contribution >= 4 is 21.2 Å². The molecule has 1 aliphatic rings. The number of esters is 1. The van der Waals surface area contributed by atoms with Crippen LogP contribution in [0.5, 0.6) is 11.5 Å². The number of carbonyl (C=O) groups is 1. The van der Waals surface area contributed by atoms with Gasteiger partial charge in [0.2, 0.25) is 0 Å². The van der Waals surface area contributed by atoms with Gasteiger partial charge < -0.3 is 27.6 Å². The molecule has 0 aromatic heterocycles. The molecule has 9 nitrogen and oxygen atoms in total. The van der Waals surface area contributed by atoms with Crippen molar-refractivity contribution in [1.82, 2.24) is 0 Å². The zero-order valence-electron chi connectivity index (χ0n) is 33.4. The minimum atomic E-state index is -3.97. The van der Waals surface area contributed by atoms with E-state index >= 15 is 0 Å². The summed E-state index contributed by atoms with van der Waals surface area (Å²) in [6.45, 7) is 21.7. The summed E-state index contributed by atoms with van der Waals surface area (Å²) >= 11 is 0. The SMILES string of the molecule is CCOP(=O)(OCC)C(CCC(=O)Oc1c(C)cc2c(c1C)CCC(C)(CC/C=C(\C)CC/C=C(\C)CCC=C(C)C)O2)P(=O)(OCC)OCC. The van der Waals surface area contributed by atoms with Crippen molar-refractivity contribution in [2.45, 2.75) is 151 Å². The topological polar surface area (TPSA) is 107 Å². The normalized spacial score (nSPS) is 16.9. The highest BCUT2D eigenvalue weighted by Crippen LogP contribution is 2.71. The van der Waals surface area contributed by atoms with E-state index in [-0.39, 0.29) is 44.9 Å². The third-order valence-corrected chi connectivity index (χ3v) is 15.3. The maximum atomic E-state index is 13.9. The fourth-order valence-electron chi connectivity index (χ4n) is 6.41. The lowest BCUT2D eigenvalue weighted by Crippen LogP contribution is -2.36. The van der Waals surface area contributed by atoms with Crippen molar-refractivity contribution in [2.75, 3.05) is 26.4 Å². The molecular weight excluding hydrogens is 686 g/mol. The quantitative estimate of drug-likeness (QED) is 0.0467. The number of rotatable bonds is 23. The molecule has 0 spiro atoms. The first kappa shape index (κ1) is 45.2. The van der Waals surface area contributed by atoms with Crippen LogP contribution in [0, 0.1) is 13.8 Å². The van der Waals surface area contributed by atoms with Crippen LogP contribution in [0.4, 0.5) is 0 Å². The molecule has 0 fully saturated rings. The molecule has 0 aliphatic carbocycles. The molecule has 1 heterocycles. The Morgan fingerprint density at radius 1 is 0.824 bits per heavy atom. The van der Waals surface area contributed by atoms with E-state index in [4.69, 9.17) is 27.6 Å². The molecule has 0 bridgehead atoms. The van der Waals surface area contributed by atoms with Crippen molar-refractivity contribution in [2.24, 2.45) is 0 Å². The largest absolute Gasteiger partial charge is 0.487 e. The number of benzene rings is 1. The van der Waals surface area contributed by atoms with Crippen molar-refractivity contribution in [3.8, 4) is 11.5 Å². The van der Waals surface area contributed by atoms with Gasteiger partial charge in [0.15, 0.2) is 5.40 Å². The fourth-order valence-corrected chi connectivity index (χ4v) is 11.8. The second-order valence-electron chi connectivity index (χ2n) is 13.9. The monoisotopic (exact) mass is 752 g/mol. The first-order chi connectivity index (χ1) is 24.1. The van der Waals surface area contributed by atoms with Crippen LogP contribution in [0.1, 0.15) is 137 Å². The molecular formula is C40H66O9P2. The van der Waals surface area contributed by atoms with E-state index in [1.165, 1.54) is 16.7 Å². The standard InChI is InChI=1S/C40H66O9P2/c1-12-44-50(42,45-13-2)38(51(43,46-14-3)47-15-4)25-24-37(41)48-39-33(9)29-36-35(34(39)10)26-28-40(11,49-36)27-18-23-32(8)22-17-21-31(7)20-16-19-30(5)6/h19,21,23,29,38H,12-18,20,22,24-28H2,1-11H3/b31-21+,32-23+. The zero-order chi connectivity index (χ0) is 38.2. The third kappa shape index (κ3) is 14.1. The highest BCUT2D eigenvalue weighted by Gasteiger charge is 2.50. The maximum absolute atomic E-state index is 13.9. The summed E-state index contributed by atoms with van der Waals surface area (Å²) in [7, 11) is -7.94. The number of hydrogen-bond donors (Lipinski definition) is 0. The minimum absolute atomic E-state index is 0.0660. The van der Waals surface area contributed by atoms with Crippen LogP contribution in [0.15, 0.2) is 41.0 Å². The predicted octanol–water partition coefficient (Wildman–Crippen LogP) is 12.1. The molecule has 1 aromatic rings. The van der Waals surface area contributed by atoms with Gasteiger partial charge in [-0.15, -0.1) is 0 Å². The molecule has 0 N–H and O–H groups in total. The molecule has 2 rings (SSSR count). The molecule has 1 aliphatic heterocycles. The van der Waals surface area contributed by atoms with Gasteiger partial charge in [0, 0.05) is 12.0 Å². The molecule has 0 saturated carbocycles. The van der Waals surface area contributed by atoms with Gasteiger partial charge in [-0.05, 0) is 151 Å². The average Bonchev–Trinajstić information content (AvgIpc) is 3.03. The van der Waals surface area contributed by atoms with Crippen LogP contribution in [-0.4, -0.2) is 43.4 Å². The van der Waals surface area contributed by atoms with Gasteiger partial charge in [-0.3, -0.25) is 13.9 Å². The number of ether oxygens (including phenoxy) is 2. The van der Waals surface area contributed by atoms with E-state index < -0.39 is 26.6 Å². The van der Waals surface area contributed by atoms with Crippen molar-refractivity contribution in [3.05, 3.63) is 57.7 Å². The summed E-state index contributed by atoms with van der Waals surface area (Å²) in [6.07, 6.45) is 14.6. The molecule has 290 valence electrons. The molecule has 0 saturated heterocycles. The Morgan fingerprint density at radius 3 is 1.84 bits per heavy atom. The molecule has 0 amide bonds. The number of allylic oxidation sites excluding steroid dienone is 6. The number of carbonyl (C=O) groups excluding carboxylic acids is 1. The van der Waals surface area contributed by atoms with E-state index in [0.29, 0.717) is 5.75 Å². The summed E-state index contributed by atoms with van der Waals surface area (Å²) in [4.78, 5) is 13.3. The summed E-state index contributed by atoms with van der Waals surface area (Å²) in [5, 5.41) is -1.28. The van der Waals surface area contributed by atoms with Crippen molar-refractivity contribution in [3.63, 3.8) is 0 Å². The van der Waals surface area contributed by atoms with E-state index in [1.54, 1.807) is 27.7 Å². The molecule has 1 atom stereocenters. The third-order valence-electron chi connectivity index (χ3n) is 9.13.